The van der Waals surface area contributed by atoms with E-state index in [4.69, 9.17) is 9.57 Å². The monoisotopic (exact) mass is 405 g/mol. The molecule has 0 aliphatic heterocycles. The summed E-state index contributed by atoms with van der Waals surface area (Å²) < 4.78 is 31.7. The van der Waals surface area contributed by atoms with Gasteiger partial charge < -0.3 is 4.74 Å². The van der Waals surface area contributed by atoms with Crippen LogP contribution in [-0.4, -0.2) is 32.3 Å². The van der Waals surface area contributed by atoms with E-state index in [2.05, 4.69) is 5.48 Å². The van der Waals surface area contributed by atoms with E-state index < -0.39 is 26.6 Å². The summed E-state index contributed by atoms with van der Waals surface area (Å²) in [7, 11) is -2.30. The molecule has 0 saturated carbocycles. The van der Waals surface area contributed by atoms with E-state index in [0.717, 1.165) is 5.56 Å². The summed E-state index contributed by atoms with van der Waals surface area (Å²) in [6, 6.07) is 15.5. The summed E-state index contributed by atoms with van der Waals surface area (Å²) in [5.41, 5.74) is 2.62. The van der Waals surface area contributed by atoms with Crippen LogP contribution >= 0.6 is 0 Å². The largest absolute Gasteiger partial charge is 0.497 e. The molecule has 1 N–H and O–H groups in total. The number of nitrogens with one attached hydrogen (secondary N) is 1. The van der Waals surface area contributed by atoms with Crippen LogP contribution in [0.5, 0.6) is 5.75 Å². The summed E-state index contributed by atoms with van der Waals surface area (Å²) in [5.74, 6) is -0.0395. The van der Waals surface area contributed by atoms with Crippen molar-refractivity contribution in [3.05, 3.63) is 60.2 Å². The van der Waals surface area contributed by atoms with Crippen molar-refractivity contribution >= 4 is 15.7 Å². The number of benzene rings is 2. The van der Waals surface area contributed by atoms with Gasteiger partial charge in [0.1, 0.15) is 5.75 Å². The lowest BCUT2D eigenvalue weighted by atomic mass is 10.1. The minimum absolute atomic E-state index is 0.123. The molecule has 2 aromatic rings. The van der Waals surface area contributed by atoms with Gasteiger partial charge in [-0.25, -0.2) is 13.9 Å². The van der Waals surface area contributed by atoms with E-state index in [9.17, 15) is 13.2 Å². The second-order valence-electron chi connectivity index (χ2n) is 7.48. The summed E-state index contributed by atoms with van der Waals surface area (Å²) >= 11 is 0. The zero-order chi connectivity index (χ0) is 20.8. The van der Waals surface area contributed by atoms with Crippen molar-refractivity contribution in [2.45, 2.75) is 49.4 Å². The molecule has 1 atom stereocenters. The summed E-state index contributed by atoms with van der Waals surface area (Å²) in [4.78, 5) is 17.8. The molecule has 0 saturated heterocycles. The minimum atomic E-state index is -3.78. The van der Waals surface area contributed by atoms with Crippen LogP contribution in [-0.2, 0) is 25.9 Å². The van der Waals surface area contributed by atoms with Gasteiger partial charge in [0.05, 0.1) is 22.9 Å². The molecule has 1 unspecified atom stereocenters. The normalized spacial score (nSPS) is 13.0. The van der Waals surface area contributed by atoms with Gasteiger partial charge in [0.25, 0.3) is 0 Å². The van der Waals surface area contributed by atoms with Gasteiger partial charge in [-0.1, -0.05) is 36.4 Å². The fourth-order valence-corrected chi connectivity index (χ4v) is 4.31. The number of hydroxylamine groups is 1. The standard InChI is InChI=1S/C21H27NO5S/c1-21(2,3)27-22-20(23)15-19(13-16-9-6-5-7-10-16)28(24,25)18-12-8-11-17(14-18)26-4/h5-12,14,19H,13,15H2,1-4H3,(H,22,23). The van der Waals surface area contributed by atoms with E-state index in [1.54, 1.807) is 32.9 Å². The van der Waals surface area contributed by atoms with E-state index >= 15 is 0 Å². The molecule has 152 valence electrons. The molecule has 0 aliphatic carbocycles. The Bertz CT molecular complexity index is 889. The van der Waals surface area contributed by atoms with Gasteiger partial charge in [0.2, 0.25) is 5.91 Å². The van der Waals surface area contributed by atoms with Crippen molar-refractivity contribution in [3.8, 4) is 5.75 Å². The maximum Gasteiger partial charge on any atom is 0.244 e. The van der Waals surface area contributed by atoms with Gasteiger partial charge in [0.15, 0.2) is 9.84 Å². The van der Waals surface area contributed by atoms with Crippen molar-refractivity contribution in [2.75, 3.05) is 7.11 Å². The number of rotatable bonds is 8. The van der Waals surface area contributed by atoms with Crippen molar-refractivity contribution in [3.63, 3.8) is 0 Å². The Balaban J connectivity index is 2.29. The van der Waals surface area contributed by atoms with Crippen LogP contribution in [0, 0.1) is 0 Å². The molecular formula is C21H27NO5S. The highest BCUT2D eigenvalue weighted by molar-refractivity contribution is 7.92. The molecule has 2 rings (SSSR count). The molecule has 7 heteroatoms. The van der Waals surface area contributed by atoms with Gasteiger partial charge in [-0.3, -0.25) is 9.63 Å². The fraction of sp³-hybridized carbons (Fsp3) is 0.381. The average Bonchev–Trinajstić information content (AvgIpc) is 2.66. The minimum Gasteiger partial charge on any atom is -0.497 e. The highest BCUT2D eigenvalue weighted by Gasteiger charge is 2.31. The van der Waals surface area contributed by atoms with Gasteiger partial charge in [0, 0.05) is 6.42 Å². The number of hydrogen-bond acceptors (Lipinski definition) is 5. The predicted octanol–water partition coefficient (Wildman–Crippen LogP) is 3.32. The molecule has 1 amide bonds. The Kier molecular flexibility index (Phi) is 7.21. The fourth-order valence-electron chi connectivity index (χ4n) is 2.60. The third kappa shape index (κ3) is 6.35. The van der Waals surface area contributed by atoms with Crippen molar-refractivity contribution in [1.82, 2.24) is 5.48 Å². The Labute approximate surface area is 166 Å². The second-order valence-corrected chi connectivity index (χ2v) is 9.71. The van der Waals surface area contributed by atoms with Gasteiger partial charge in [-0.15, -0.1) is 0 Å². The molecule has 28 heavy (non-hydrogen) atoms. The maximum atomic E-state index is 13.3. The number of sulfone groups is 1. The topological polar surface area (TPSA) is 81.7 Å². The number of amides is 1. The van der Waals surface area contributed by atoms with Gasteiger partial charge in [-0.2, -0.15) is 0 Å². The van der Waals surface area contributed by atoms with Crippen molar-refractivity contribution < 1.29 is 22.8 Å². The molecule has 0 aliphatic rings. The maximum absolute atomic E-state index is 13.3. The quantitative estimate of drug-likeness (QED) is 0.682. The van der Waals surface area contributed by atoms with Crippen LogP contribution in [0.25, 0.3) is 0 Å². The van der Waals surface area contributed by atoms with Gasteiger partial charge in [-0.05, 0) is 51.0 Å². The Morgan fingerprint density at radius 3 is 2.36 bits per heavy atom. The van der Waals surface area contributed by atoms with Crippen molar-refractivity contribution in [1.29, 1.82) is 0 Å². The number of carbonyl (C=O) groups excluding carboxylic acids is 1. The lowest BCUT2D eigenvalue weighted by Gasteiger charge is -2.21. The molecule has 2 aromatic carbocycles. The third-order valence-corrected chi connectivity index (χ3v) is 6.12. The summed E-state index contributed by atoms with van der Waals surface area (Å²) in [5, 5.41) is -0.939. The number of ether oxygens (including phenoxy) is 1. The Hall–Kier alpha value is -2.38. The molecule has 0 radical (unpaired) electrons. The summed E-state index contributed by atoms with van der Waals surface area (Å²) in [6.45, 7) is 5.38. The second kappa shape index (κ2) is 9.21. The van der Waals surface area contributed by atoms with Crippen LogP contribution in [0.4, 0.5) is 0 Å². The lowest BCUT2D eigenvalue weighted by molar-refractivity contribution is -0.145. The van der Waals surface area contributed by atoms with Crippen LogP contribution in [0.1, 0.15) is 32.8 Å². The Morgan fingerprint density at radius 1 is 1.07 bits per heavy atom. The molecule has 0 bridgehead atoms. The van der Waals surface area contributed by atoms with Crippen molar-refractivity contribution in [2.24, 2.45) is 0 Å². The molecule has 0 heterocycles. The van der Waals surface area contributed by atoms with Gasteiger partial charge >= 0.3 is 0 Å². The number of methoxy groups -OCH3 is 1. The molecular weight excluding hydrogens is 378 g/mol. The average molecular weight is 406 g/mol. The smallest absolute Gasteiger partial charge is 0.244 e. The van der Waals surface area contributed by atoms with E-state index in [0.29, 0.717) is 5.75 Å². The predicted molar refractivity (Wildman–Crippen MR) is 108 cm³/mol. The highest BCUT2D eigenvalue weighted by atomic mass is 32.2. The van der Waals surface area contributed by atoms with E-state index in [1.165, 1.54) is 19.2 Å². The van der Waals surface area contributed by atoms with Crippen LogP contribution in [0.3, 0.4) is 0 Å². The first-order chi connectivity index (χ1) is 13.1. The zero-order valence-electron chi connectivity index (χ0n) is 16.6. The molecule has 0 spiro atoms. The van der Waals surface area contributed by atoms with E-state index in [1.807, 2.05) is 30.3 Å². The molecule has 0 aromatic heterocycles. The first kappa shape index (κ1) is 21.9. The summed E-state index contributed by atoms with van der Waals surface area (Å²) in [6.07, 6.45) is -0.00611. The molecule has 6 nitrogen and oxygen atoms in total. The van der Waals surface area contributed by atoms with Crippen LogP contribution < -0.4 is 10.2 Å². The zero-order valence-corrected chi connectivity index (χ0v) is 17.5. The Morgan fingerprint density at radius 2 is 1.75 bits per heavy atom. The lowest BCUT2D eigenvalue weighted by Crippen LogP contribution is -2.37. The SMILES string of the molecule is COc1cccc(S(=O)(=O)C(CC(=O)NOC(C)(C)C)Cc2ccccc2)c1. The first-order valence-corrected chi connectivity index (χ1v) is 10.5. The highest BCUT2D eigenvalue weighted by Crippen LogP contribution is 2.25. The number of carbonyl (C=O) groups is 1. The molecule has 0 fully saturated rings. The third-order valence-electron chi connectivity index (χ3n) is 4.00. The van der Waals surface area contributed by atoms with Crippen LogP contribution in [0.15, 0.2) is 59.5 Å². The number of hydrogen-bond donors (Lipinski definition) is 1. The van der Waals surface area contributed by atoms with Crippen LogP contribution in [0.2, 0.25) is 0 Å². The van der Waals surface area contributed by atoms with E-state index in [-0.39, 0.29) is 17.7 Å². The first-order valence-electron chi connectivity index (χ1n) is 9.00.